The Balaban J connectivity index is 2.68. The molecule has 0 saturated heterocycles. The van der Waals surface area contributed by atoms with Crippen LogP contribution < -0.4 is 4.52 Å². The van der Waals surface area contributed by atoms with Gasteiger partial charge in [-0.3, -0.25) is 9.79 Å². The Morgan fingerprint density at radius 1 is 1.44 bits per heavy atom. The third-order valence-corrected chi connectivity index (χ3v) is 3.19. The van der Waals surface area contributed by atoms with Crippen LogP contribution in [0.15, 0.2) is 22.8 Å². The maximum absolute atomic E-state index is 10.8. The Morgan fingerprint density at radius 2 is 2.12 bits per heavy atom. The number of aromatic nitrogens is 1. The average Bonchev–Trinajstić information content (AvgIpc) is 2.42. The third-order valence-electron chi connectivity index (χ3n) is 1.89. The highest BCUT2D eigenvalue weighted by molar-refractivity contribution is 9.10. The van der Waals surface area contributed by atoms with Gasteiger partial charge in [0.05, 0.1) is 15.9 Å². The van der Waals surface area contributed by atoms with Gasteiger partial charge in [-0.25, -0.2) is 4.57 Å². The molecule has 1 heterocycles. The van der Waals surface area contributed by atoms with Crippen LogP contribution in [-0.2, 0) is 4.57 Å². The van der Waals surface area contributed by atoms with Crippen molar-refractivity contribution >= 4 is 46.3 Å². The van der Waals surface area contributed by atoms with Crippen LogP contribution in [0.4, 0.5) is 0 Å². The minimum Gasteiger partial charge on any atom is -0.401 e. The van der Waals surface area contributed by atoms with Gasteiger partial charge in [0.1, 0.15) is 4.60 Å². The fourth-order valence-corrected chi connectivity index (χ4v) is 2.65. The molecule has 0 aliphatic rings. The maximum Gasteiger partial charge on any atom is 0.524 e. The van der Waals surface area contributed by atoms with Crippen molar-refractivity contribution in [3.8, 4) is 5.75 Å². The first kappa shape index (κ1) is 12.0. The summed E-state index contributed by atoms with van der Waals surface area (Å²) < 4.78 is 15.7. The molecule has 86 valence electrons. The van der Waals surface area contributed by atoms with Gasteiger partial charge >= 0.3 is 7.82 Å². The van der Waals surface area contributed by atoms with Gasteiger partial charge in [0.2, 0.25) is 0 Å². The van der Waals surface area contributed by atoms with E-state index in [0.717, 1.165) is 0 Å². The summed E-state index contributed by atoms with van der Waals surface area (Å²) in [6.45, 7) is 0. The molecule has 2 aromatic rings. The number of fused-ring (bicyclic) bond motifs is 1. The molecule has 0 aliphatic carbocycles. The predicted octanol–water partition coefficient (Wildman–Crippen LogP) is 3.06. The molecular formula is C8H6BrClNO4P. The summed E-state index contributed by atoms with van der Waals surface area (Å²) in [7, 11) is -4.61. The molecule has 8 heteroatoms. The second-order valence-electron chi connectivity index (χ2n) is 3.01. The lowest BCUT2D eigenvalue weighted by atomic mass is 10.2. The molecule has 0 amide bonds. The number of halogens is 2. The lowest BCUT2D eigenvalue weighted by molar-refractivity contribution is 0.284. The van der Waals surface area contributed by atoms with Crippen LogP contribution in [0.3, 0.4) is 0 Å². The number of phosphoric acid groups is 1. The lowest BCUT2D eigenvalue weighted by Crippen LogP contribution is -1.89. The van der Waals surface area contributed by atoms with Crippen molar-refractivity contribution < 1.29 is 18.9 Å². The number of rotatable bonds is 2. The SMILES string of the molecule is O=P(O)(O)Oc1c(Br)[nH]c2cccc(Cl)c12. The van der Waals surface area contributed by atoms with E-state index in [-0.39, 0.29) is 5.75 Å². The Labute approximate surface area is 104 Å². The van der Waals surface area contributed by atoms with E-state index in [1.807, 2.05) is 0 Å². The van der Waals surface area contributed by atoms with Gasteiger partial charge in [-0.2, -0.15) is 0 Å². The number of aromatic amines is 1. The summed E-state index contributed by atoms with van der Waals surface area (Å²) >= 11 is 9.04. The third kappa shape index (κ3) is 2.26. The first-order valence-corrected chi connectivity index (χ1v) is 6.79. The molecule has 0 radical (unpaired) electrons. The molecule has 0 aliphatic heterocycles. The number of nitrogens with one attached hydrogen (secondary N) is 1. The van der Waals surface area contributed by atoms with E-state index >= 15 is 0 Å². The zero-order chi connectivity index (χ0) is 11.9. The first-order valence-electron chi connectivity index (χ1n) is 4.09. The van der Waals surface area contributed by atoms with Crippen molar-refractivity contribution in [3.05, 3.63) is 27.8 Å². The monoisotopic (exact) mass is 325 g/mol. The fourth-order valence-electron chi connectivity index (χ4n) is 1.35. The van der Waals surface area contributed by atoms with E-state index in [0.29, 0.717) is 20.5 Å². The molecule has 0 unspecified atom stereocenters. The van der Waals surface area contributed by atoms with Crippen molar-refractivity contribution in [1.29, 1.82) is 0 Å². The second-order valence-corrected chi connectivity index (χ2v) is 5.38. The normalized spacial score (nSPS) is 12.0. The van der Waals surface area contributed by atoms with Crippen LogP contribution in [0.25, 0.3) is 10.9 Å². The van der Waals surface area contributed by atoms with Gasteiger partial charge in [0.15, 0.2) is 5.75 Å². The molecular weight excluding hydrogens is 320 g/mol. The highest BCUT2D eigenvalue weighted by Crippen LogP contribution is 2.46. The minimum atomic E-state index is -4.61. The van der Waals surface area contributed by atoms with Crippen LogP contribution in [0.5, 0.6) is 5.75 Å². The quantitative estimate of drug-likeness (QED) is 0.741. The van der Waals surface area contributed by atoms with Crippen molar-refractivity contribution in [3.63, 3.8) is 0 Å². The molecule has 0 atom stereocenters. The molecule has 1 aromatic carbocycles. The van der Waals surface area contributed by atoms with Crippen LogP contribution in [0, 0.1) is 0 Å². The summed E-state index contributed by atoms with van der Waals surface area (Å²) in [6, 6.07) is 5.05. The van der Waals surface area contributed by atoms with Crippen molar-refractivity contribution in [2.24, 2.45) is 0 Å². The van der Waals surface area contributed by atoms with Crippen molar-refractivity contribution in [2.45, 2.75) is 0 Å². The summed E-state index contributed by atoms with van der Waals surface area (Å²) in [6.07, 6.45) is 0. The zero-order valence-corrected chi connectivity index (χ0v) is 10.9. The minimum absolute atomic E-state index is 0.00827. The molecule has 16 heavy (non-hydrogen) atoms. The molecule has 2 rings (SSSR count). The number of phosphoric ester groups is 1. The van der Waals surface area contributed by atoms with Gasteiger partial charge < -0.3 is 9.51 Å². The summed E-state index contributed by atoms with van der Waals surface area (Å²) in [5.74, 6) is 0.00827. The molecule has 0 bridgehead atoms. The zero-order valence-electron chi connectivity index (χ0n) is 7.65. The maximum atomic E-state index is 10.8. The summed E-state index contributed by atoms with van der Waals surface area (Å²) in [5.41, 5.74) is 0.628. The average molecular weight is 326 g/mol. The highest BCUT2D eigenvalue weighted by Gasteiger charge is 2.22. The van der Waals surface area contributed by atoms with Gasteiger partial charge in [0.25, 0.3) is 0 Å². The molecule has 1 aromatic heterocycles. The van der Waals surface area contributed by atoms with Crippen LogP contribution >= 0.6 is 35.4 Å². The molecule has 3 N–H and O–H groups in total. The second kappa shape index (κ2) is 4.05. The number of benzene rings is 1. The van der Waals surface area contributed by atoms with E-state index in [1.54, 1.807) is 18.2 Å². The highest BCUT2D eigenvalue weighted by atomic mass is 79.9. The van der Waals surface area contributed by atoms with Crippen LogP contribution in [0.2, 0.25) is 5.02 Å². The topological polar surface area (TPSA) is 82.6 Å². The van der Waals surface area contributed by atoms with Crippen molar-refractivity contribution in [2.75, 3.05) is 0 Å². The van der Waals surface area contributed by atoms with E-state index in [9.17, 15) is 4.57 Å². The molecule has 5 nitrogen and oxygen atoms in total. The standard InChI is InChI=1S/C8H6BrClNO4P/c9-8-7(15-16(12,13)14)6-4(10)2-1-3-5(6)11-8/h1-3,11H,(H2,12,13,14). The predicted molar refractivity (Wildman–Crippen MR) is 63.7 cm³/mol. The Bertz CT molecular complexity index is 593. The lowest BCUT2D eigenvalue weighted by Gasteiger charge is -2.06. The molecule has 0 fully saturated rings. The number of hydrogen-bond acceptors (Lipinski definition) is 2. The van der Waals surface area contributed by atoms with E-state index in [4.69, 9.17) is 21.4 Å². The first-order chi connectivity index (χ1) is 7.38. The van der Waals surface area contributed by atoms with Gasteiger partial charge in [0, 0.05) is 0 Å². The van der Waals surface area contributed by atoms with E-state index in [2.05, 4.69) is 25.4 Å². The van der Waals surface area contributed by atoms with Crippen molar-refractivity contribution in [1.82, 2.24) is 4.98 Å². The van der Waals surface area contributed by atoms with Crippen LogP contribution in [0.1, 0.15) is 0 Å². The Hall–Kier alpha value is -0.520. The Kier molecular flexibility index (Phi) is 3.03. The summed E-state index contributed by atoms with van der Waals surface area (Å²) in [5, 5.41) is 0.780. The molecule has 0 spiro atoms. The Morgan fingerprint density at radius 3 is 2.75 bits per heavy atom. The fraction of sp³-hybridized carbons (Fsp3) is 0. The van der Waals surface area contributed by atoms with Crippen LogP contribution in [-0.4, -0.2) is 14.8 Å². The van der Waals surface area contributed by atoms with Gasteiger partial charge in [-0.05, 0) is 28.1 Å². The van der Waals surface area contributed by atoms with Gasteiger partial charge in [-0.1, -0.05) is 17.7 Å². The van der Waals surface area contributed by atoms with E-state index < -0.39 is 7.82 Å². The summed E-state index contributed by atoms with van der Waals surface area (Å²) in [4.78, 5) is 20.4. The van der Waals surface area contributed by atoms with E-state index in [1.165, 1.54) is 0 Å². The largest absolute Gasteiger partial charge is 0.524 e. The van der Waals surface area contributed by atoms with Gasteiger partial charge in [-0.15, -0.1) is 0 Å². The number of hydrogen-bond donors (Lipinski definition) is 3. The smallest absolute Gasteiger partial charge is 0.401 e. The number of H-pyrrole nitrogens is 1. The molecule has 0 saturated carbocycles.